The van der Waals surface area contributed by atoms with Gasteiger partial charge in [-0.3, -0.25) is 4.79 Å². The molecule has 1 atom stereocenters. The minimum absolute atomic E-state index is 0.0270. The van der Waals surface area contributed by atoms with Crippen molar-refractivity contribution in [2.24, 2.45) is 5.92 Å². The standard InChI is InChI=1S/C12H20N4O4S/c1-3-14(2)12(17)11-9-15(4-5-20-11)21(18,19)16-7-10(6-13)8-16/h10-11H,3-5,7-9H2,1-2H3/t11-/m0/s1. The van der Waals surface area contributed by atoms with Crippen LogP contribution in [-0.4, -0.2) is 80.3 Å². The molecule has 0 N–H and O–H groups in total. The number of rotatable bonds is 4. The molecule has 2 heterocycles. The maximum atomic E-state index is 12.4. The van der Waals surface area contributed by atoms with Crippen LogP contribution in [0.4, 0.5) is 0 Å². The smallest absolute Gasteiger partial charge is 0.282 e. The summed E-state index contributed by atoms with van der Waals surface area (Å²) >= 11 is 0. The summed E-state index contributed by atoms with van der Waals surface area (Å²) in [5.74, 6) is -0.444. The van der Waals surface area contributed by atoms with Crippen molar-refractivity contribution < 1.29 is 17.9 Å². The third-order valence-corrected chi connectivity index (χ3v) is 5.77. The van der Waals surface area contributed by atoms with E-state index < -0.39 is 16.3 Å². The lowest BCUT2D eigenvalue weighted by molar-refractivity contribution is -0.145. The van der Waals surface area contributed by atoms with Crippen molar-refractivity contribution >= 4 is 16.1 Å². The average molecular weight is 316 g/mol. The lowest BCUT2D eigenvalue weighted by Crippen LogP contribution is -2.59. The molecule has 0 aromatic carbocycles. The van der Waals surface area contributed by atoms with Gasteiger partial charge in [-0.15, -0.1) is 0 Å². The molecule has 2 saturated heterocycles. The molecular formula is C12H20N4O4S. The predicted octanol–water partition coefficient (Wildman–Crippen LogP) is -1.13. The summed E-state index contributed by atoms with van der Waals surface area (Å²) in [4.78, 5) is 13.6. The number of hydrogen-bond acceptors (Lipinski definition) is 5. The van der Waals surface area contributed by atoms with Crippen LogP contribution in [0.15, 0.2) is 0 Å². The highest BCUT2D eigenvalue weighted by Gasteiger charge is 2.42. The number of carbonyl (C=O) groups is 1. The zero-order valence-electron chi connectivity index (χ0n) is 12.2. The third-order valence-electron chi connectivity index (χ3n) is 3.84. The Labute approximate surface area is 125 Å². The first-order valence-electron chi connectivity index (χ1n) is 6.91. The van der Waals surface area contributed by atoms with Gasteiger partial charge in [-0.25, -0.2) is 0 Å². The van der Waals surface area contributed by atoms with E-state index in [0.29, 0.717) is 6.54 Å². The van der Waals surface area contributed by atoms with Crippen molar-refractivity contribution in [1.29, 1.82) is 5.26 Å². The first kappa shape index (κ1) is 16.2. The fourth-order valence-electron chi connectivity index (χ4n) is 2.26. The van der Waals surface area contributed by atoms with E-state index in [-0.39, 0.29) is 44.6 Å². The van der Waals surface area contributed by atoms with Gasteiger partial charge < -0.3 is 9.64 Å². The topological polar surface area (TPSA) is 94.0 Å². The Morgan fingerprint density at radius 2 is 2.05 bits per heavy atom. The van der Waals surface area contributed by atoms with Gasteiger partial charge in [0, 0.05) is 33.2 Å². The molecule has 0 saturated carbocycles. The second-order valence-electron chi connectivity index (χ2n) is 5.22. The van der Waals surface area contributed by atoms with E-state index in [0.717, 1.165) is 0 Å². The quantitative estimate of drug-likeness (QED) is 0.654. The lowest BCUT2D eigenvalue weighted by atomic mass is 10.1. The van der Waals surface area contributed by atoms with E-state index in [4.69, 9.17) is 10.00 Å². The summed E-state index contributed by atoms with van der Waals surface area (Å²) in [5.41, 5.74) is 0. The molecule has 2 fully saturated rings. The number of morpholine rings is 1. The molecular weight excluding hydrogens is 296 g/mol. The van der Waals surface area contributed by atoms with E-state index in [1.807, 2.05) is 13.0 Å². The van der Waals surface area contributed by atoms with Crippen LogP contribution < -0.4 is 0 Å². The largest absolute Gasteiger partial charge is 0.366 e. The highest BCUT2D eigenvalue weighted by molar-refractivity contribution is 7.86. The number of nitrogens with zero attached hydrogens (tertiary/aromatic N) is 4. The second-order valence-corrected chi connectivity index (χ2v) is 7.15. The van der Waals surface area contributed by atoms with Gasteiger partial charge in [-0.05, 0) is 6.92 Å². The van der Waals surface area contributed by atoms with Gasteiger partial charge in [0.1, 0.15) is 6.10 Å². The van der Waals surface area contributed by atoms with Crippen molar-refractivity contribution in [2.75, 3.05) is 46.4 Å². The summed E-state index contributed by atoms with van der Waals surface area (Å²) in [5, 5.41) is 8.73. The molecule has 0 aliphatic carbocycles. The molecule has 2 rings (SSSR count). The Morgan fingerprint density at radius 1 is 1.38 bits per heavy atom. The Morgan fingerprint density at radius 3 is 2.62 bits per heavy atom. The van der Waals surface area contributed by atoms with Crippen LogP contribution in [0.25, 0.3) is 0 Å². The van der Waals surface area contributed by atoms with Crippen LogP contribution in [0.1, 0.15) is 6.92 Å². The molecule has 118 valence electrons. The van der Waals surface area contributed by atoms with Crippen LogP contribution in [-0.2, 0) is 19.7 Å². The highest BCUT2D eigenvalue weighted by atomic mass is 32.2. The molecule has 9 heteroatoms. The minimum Gasteiger partial charge on any atom is -0.366 e. The SMILES string of the molecule is CCN(C)C(=O)[C@@H]1CN(S(=O)(=O)N2CC(C#N)C2)CCO1. The van der Waals surface area contributed by atoms with Crippen LogP contribution in [0.2, 0.25) is 0 Å². The van der Waals surface area contributed by atoms with Gasteiger partial charge in [0.15, 0.2) is 0 Å². The van der Waals surface area contributed by atoms with E-state index in [9.17, 15) is 13.2 Å². The summed E-state index contributed by atoms with van der Waals surface area (Å²) < 4.78 is 32.7. The van der Waals surface area contributed by atoms with Gasteiger partial charge >= 0.3 is 0 Å². The van der Waals surface area contributed by atoms with Gasteiger partial charge in [-0.1, -0.05) is 0 Å². The van der Waals surface area contributed by atoms with Crippen LogP contribution in [0.3, 0.4) is 0 Å². The number of amides is 1. The summed E-state index contributed by atoms with van der Waals surface area (Å²) in [6, 6.07) is 2.05. The average Bonchev–Trinajstić information content (AvgIpc) is 2.44. The Balaban J connectivity index is 2.01. The van der Waals surface area contributed by atoms with Gasteiger partial charge in [0.05, 0.1) is 25.1 Å². The Hall–Kier alpha value is -1.21. The molecule has 8 nitrogen and oxygen atoms in total. The van der Waals surface area contributed by atoms with E-state index >= 15 is 0 Å². The van der Waals surface area contributed by atoms with E-state index in [1.165, 1.54) is 13.5 Å². The predicted molar refractivity (Wildman–Crippen MR) is 74.2 cm³/mol. The summed E-state index contributed by atoms with van der Waals surface area (Å²) in [6.45, 7) is 3.30. The molecule has 0 radical (unpaired) electrons. The monoisotopic (exact) mass is 316 g/mol. The minimum atomic E-state index is -3.60. The molecule has 0 bridgehead atoms. The number of likely N-dealkylation sites (N-methyl/N-ethyl adjacent to an activating group) is 1. The Kier molecular flexibility index (Phi) is 4.83. The molecule has 0 aromatic heterocycles. The molecule has 2 aliphatic heterocycles. The fourth-order valence-corrected chi connectivity index (χ4v) is 3.95. The van der Waals surface area contributed by atoms with Gasteiger partial charge in [-0.2, -0.15) is 22.3 Å². The third kappa shape index (κ3) is 3.18. The van der Waals surface area contributed by atoms with Crippen LogP contribution >= 0.6 is 0 Å². The van der Waals surface area contributed by atoms with E-state index in [1.54, 1.807) is 7.05 Å². The number of carbonyl (C=O) groups excluding carboxylic acids is 1. The molecule has 0 spiro atoms. The lowest BCUT2D eigenvalue weighted by Gasteiger charge is -2.40. The van der Waals surface area contributed by atoms with Gasteiger partial charge in [0.2, 0.25) is 0 Å². The zero-order valence-corrected chi connectivity index (χ0v) is 13.0. The van der Waals surface area contributed by atoms with Crippen molar-refractivity contribution in [3.05, 3.63) is 0 Å². The van der Waals surface area contributed by atoms with Crippen molar-refractivity contribution in [2.45, 2.75) is 13.0 Å². The molecule has 2 aliphatic rings. The fraction of sp³-hybridized carbons (Fsp3) is 0.833. The van der Waals surface area contributed by atoms with Crippen molar-refractivity contribution in [3.63, 3.8) is 0 Å². The van der Waals surface area contributed by atoms with Crippen molar-refractivity contribution in [3.8, 4) is 6.07 Å². The maximum absolute atomic E-state index is 12.4. The molecule has 0 aromatic rings. The van der Waals surface area contributed by atoms with E-state index in [2.05, 4.69) is 0 Å². The molecule has 0 unspecified atom stereocenters. The molecule has 1 amide bonds. The summed E-state index contributed by atoms with van der Waals surface area (Å²) in [6.07, 6.45) is -0.758. The number of nitriles is 1. The highest BCUT2D eigenvalue weighted by Crippen LogP contribution is 2.23. The van der Waals surface area contributed by atoms with Crippen molar-refractivity contribution in [1.82, 2.24) is 13.5 Å². The maximum Gasteiger partial charge on any atom is 0.282 e. The zero-order chi connectivity index (χ0) is 15.6. The first-order valence-corrected chi connectivity index (χ1v) is 8.31. The number of ether oxygens (including phenoxy) is 1. The second kappa shape index (κ2) is 6.27. The number of hydrogen-bond donors (Lipinski definition) is 0. The van der Waals surface area contributed by atoms with Crippen LogP contribution in [0.5, 0.6) is 0 Å². The van der Waals surface area contributed by atoms with Gasteiger partial charge in [0.25, 0.3) is 16.1 Å². The first-order chi connectivity index (χ1) is 9.90. The van der Waals surface area contributed by atoms with Crippen LogP contribution in [0, 0.1) is 17.2 Å². The normalized spacial score (nSPS) is 25.1. The molecule has 21 heavy (non-hydrogen) atoms. The Bertz CT molecular complexity index is 538. The summed E-state index contributed by atoms with van der Waals surface area (Å²) in [7, 11) is -1.94.